The van der Waals surface area contributed by atoms with Gasteiger partial charge in [-0.15, -0.1) is 0 Å². The lowest BCUT2D eigenvalue weighted by atomic mass is 10.2. The van der Waals surface area contributed by atoms with Crippen LogP contribution in [-0.4, -0.2) is 22.2 Å². The molecule has 4 nitrogen and oxygen atoms in total. The minimum Gasteiger partial charge on any atom is -0.506 e. The summed E-state index contributed by atoms with van der Waals surface area (Å²) in [6.45, 7) is 1.53. The number of nitrogens with one attached hydrogen (secondary N) is 1. The van der Waals surface area contributed by atoms with Crippen LogP contribution in [0.3, 0.4) is 0 Å². The predicted octanol–water partition coefficient (Wildman–Crippen LogP) is 1.86. The highest BCUT2D eigenvalue weighted by molar-refractivity contribution is 9.10. The van der Waals surface area contributed by atoms with Gasteiger partial charge in [-0.05, 0) is 25.1 Å². The van der Waals surface area contributed by atoms with Crippen LogP contribution in [-0.2, 0) is 4.79 Å². The molecule has 0 heterocycles. The third-order valence-corrected chi connectivity index (χ3v) is 2.21. The predicted molar refractivity (Wildman–Crippen MR) is 60.7 cm³/mol. The average Bonchev–Trinajstić information content (AvgIpc) is 2.10. The summed E-state index contributed by atoms with van der Waals surface area (Å²) in [6, 6.07) is 4.73. The first-order chi connectivity index (χ1) is 6.99. The number of benzene rings is 1. The number of aliphatic hydroxyl groups excluding tert-OH is 1. The Morgan fingerprint density at radius 3 is 2.87 bits per heavy atom. The summed E-state index contributed by atoms with van der Waals surface area (Å²) >= 11 is 3.23. The van der Waals surface area contributed by atoms with Crippen molar-refractivity contribution in [1.82, 2.24) is 0 Å². The van der Waals surface area contributed by atoms with E-state index in [9.17, 15) is 9.90 Å². The fourth-order valence-corrected chi connectivity index (χ4v) is 1.44. The van der Waals surface area contributed by atoms with E-state index in [1.807, 2.05) is 0 Å². The fraction of sp³-hybridized carbons (Fsp3) is 0.300. The minimum atomic E-state index is -0.695. The number of hydrogen-bond acceptors (Lipinski definition) is 3. The maximum Gasteiger partial charge on any atom is 0.227 e. The Kier molecular flexibility index (Phi) is 4.11. The van der Waals surface area contributed by atoms with Crippen LogP contribution in [0, 0.1) is 0 Å². The number of anilines is 1. The van der Waals surface area contributed by atoms with Gasteiger partial charge in [-0.3, -0.25) is 4.79 Å². The molecule has 0 aliphatic rings. The third kappa shape index (κ3) is 3.89. The number of carbonyl (C=O) groups excluding carboxylic acids is 1. The van der Waals surface area contributed by atoms with E-state index in [0.717, 1.165) is 4.47 Å². The van der Waals surface area contributed by atoms with Crippen molar-refractivity contribution in [3.8, 4) is 5.75 Å². The summed E-state index contributed by atoms with van der Waals surface area (Å²) in [5, 5.41) is 20.9. The van der Waals surface area contributed by atoms with Crippen LogP contribution in [0.2, 0.25) is 0 Å². The topological polar surface area (TPSA) is 69.6 Å². The number of halogens is 1. The lowest BCUT2D eigenvalue weighted by Crippen LogP contribution is -2.17. The zero-order valence-corrected chi connectivity index (χ0v) is 9.78. The van der Waals surface area contributed by atoms with Crippen molar-refractivity contribution in [3.63, 3.8) is 0 Å². The molecule has 0 bridgehead atoms. The number of carbonyl (C=O) groups is 1. The van der Waals surface area contributed by atoms with Gasteiger partial charge in [0.15, 0.2) is 0 Å². The molecule has 82 valence electrons. The highest BCUT2D eigenvalue weighted by Crippen LogP contribution is 2.26. The normalized spacial score (nSPS) is 12.2. The highest BCUT2D eigenvalue weighted by atomic mass is 79.9. The van der Waals surface area contributed by atoms with Gasteiger partial charge in [-0.2, -0.15) is 0 Å². The molecule has 5 heteroatoms. The van der Waals surface area contributed by atoms with Crippen molar-refractivity contribution in [2.24, 2.45) is 0 Å². The van der Waals surface area contributed by atoms with Gasteiger partial charge in [0.2, 0.25) is 5.91 Å². The van der Waals surface area contributed by atoms with Crippen LogP contribution < -0.4 is 5.32 Å². The maximum absolute atomic E-state index is 11.3. The Hall–Kier alpha value is -1.07. The van der Waals surface area contributed by atoms with Gasteiger partial charge in [0.1, 0.15) is 5.75 Å². The molecule has 1 aromatic rings. The molecule has 0 aliphatic carbocycles. The number of rotatable bonds is 3. The Bertz CT molecular complexity index is 366. The first-order valence-electron chi connectivity index (χ1n) is 4.45. The van der Waals surface area contributed by atoms with E-state index >= 15 is 0 Å². The molecule has 0 spiro atoms. The summed E-state index contributed by atoms with van der Waals surface area (Å²) in [6.07, 6.45) is -0.689. The molecular weight excluding hydrogens is 262 g/mol. The molecule has 3 N–H and O–H groups in total. The number of amides is 1. The van der Waals surface area contributed by atoms with Crippen molar-refractivity contribution in [2.45, 2.75) is 19.4 Å². The fourth-order valence-electron chi connectivity index (χ4n) is 1.08. The molecule has 1 aromatic carbocycles. The molecule has 0 radical (unpaired) electrons. The summed E-state index contributed by atoms with van der Waals surface area (Å²) in [7, 11) is 0. The van der Waals surface area contributed by atoms with Crippen molar-refractivity contribution >= 4 is 27.5 Å². The van der Waals surface area contributed by atoms with E-state index in [0.29, 0.717) is 5.69 Å². The van der Waals surface area contributed by atoms with Crippen LogP contribution in [0.1, 0.15) is 13.3 Å². The van der Waals surface area contributed by atoms with Gasteiger partial charge < -0.3 is 15.5 Å². The Morgan fingerprint density at radius 2 is 2.27 bits per heavy atom. The summed E-state index contributed by atoms with van der Waals surface area (Å²) in [5.41, 5.74) is 0.329. The second kappa shape index (κ2) is 5.14. The van der Waals surface area contributed by atoms with E-state index in [1.54, 1.807) is 12.1 Å². The molecule has 0 aromatic heterocycles. The second-order valence-electron chi connectivity index (χ2n) is 3.26. The number of aliphatic hydroxyl groups is 1. The molecule has 1 unspecified atom stereocenters. The molecule has 1 rings (SSSR count). The lowest BCUT2D eigenvalue weighted by Gasteiger charge is -2.08. The van der Waals surface area contributed by atoms with Gasteiger partial charge in [0.25, 0.3) is 0 Å². The lowest BCUT2D eigenvalue weighted by molar-refractivity contribution is -0.117. The van der Waals surface area contributed by atoms with Crippen molar-refractivity contribution < 1.29 is 15.0 Å². The average molecular weight is 274 g/mol. The molecule has 1 amide bonds. The number of phenols is 1. The highest BCUT2D eigenvalue weighted by Gasteiger charge is 2.09. The van der Waals surface area contributed by atoms with Crippen LogP contribution >= 0.6 is 15.9 Å². The molecule has 0 fully saturated rings. The van der Waals surface area contributed by atoms with E-state index in [-0.39, 0.29) is 18.1 Å². The first kappa shape index (κ1) is 12.0. The van der Waals surface area contributed by atoms with Gasteiger partial charge in [-0.1, -0.05) is 15.9 Å². The quantitative estimate of drug-likeness (QED) is 0.737. The van der Waals surface area contributed by atoms with Gasteiger partial charge in [0, 0.05) is 4.47 Å². The van der Waals surface area contributed by atoms with Crippen LogP contribution in [0.4, 0.5) is 5.69 Å². The van der Waals surface area contributed by atoms with E-state index in [1.165, 1.54) is 13.0 Å². The smallest absolute Gasteiger partial charge is 0.227 e. The van der Waals surface area contributed by atoms with E-state index < -0.39 is 6.10 Å². The number of aromatic hydroxyl groups is 1. The molecule has 15 heavy (non-hydrogen) atoms. The minimum absolute atomic E-state index is 0.00265. The van der Waals surface area contributed by atoms with Crippen LogP contribution in [0.15, 0.2) is 22.7 Å². The third-order valence-electron chi connectivity index (χ3n) is 1.71. The van der Waals surface area contributed by atoms with Gasteiger partial charge in [0.05, 0.1) is 18.2 Å². The van der Waals surface area contributed by atoms with E-state index in [2.05, 4.69) is 21.2 Å². The SMILES string of the molecule is CC(O)CC(=O)Nc1cc(Br)ccc1O. The Labute approximate surface area is 96.1 Å². The zero-order valence-electron chi connectivity index (χ0n) is 8.20. The summed E-state index contributed by atoms with van der Waals surface area (Å²) < 4.78 is 0.757. The first-order valence-corrected chi connectivity index (χ1v) is 5.25. The van der Waals surface area contributed by atoms with Crippen molar-refractivity contribution in [2.75, 3.05) is 5.32 Å². The van der Waals surface area contributed by atoms with Crippen LogP contribution in [0.25, 0.3) is 0 Å². The Morgan fingerprint density at radius 1 is 1.60 bits per heavy atom. The van der Waals surface area contributed by atoms with E-state index in [4.69, 9.17) is 5.11 Å². The second-order valence-corrected chi connectivity index (χ2v) is 4.18. The monoisotopic (exact) mass is 273 g/mol. The van der Waals surface area contributed by atoms with Crippen LogP contribution in [0.5, 0.6) is 5.75 Å². The standard InChI is InChI=1S/C10H12BrNO3/c1-6(13)4-10(15)12-8-5-7(11)2-3-9(8)14/h2-3,5-6,13-14H,4H2,1H3,(H,12,15). The van der Waals surface area contributed by atoms with Gasteiger partial charge >= 0.3 is 0 Å². The van der Waals surface area contributed by atoms with Crippen molar-refractivity contribution in [3.05, 3.63) is 22.7 Å². The molecule has 0 saturated carbocycles. The zero-order chi connectivity index (χ0) is 11.4. The Balaban J connectivity index is 2.71. The van der Waals surface area contributed by atoms with Gasteiger partial charge in [-0.25, -0.2) is 0 Å². The largest absolute Gasteiger partial charge is 0.506 e. The molecule has 1 atom stereocenters. The molecule has 0 saturated heterocycles. The molecule has 0 aliphatic heterocycles. The maximum atomic E-state index is 11.3. The number of hydrogen-bond donors (Lipinski definition) is 3. The van der Waals surface area contributed by atoms with Crippen molar-refractivity contribution in [1.29, 1.82) is 0 Å². The summed E-state index contributed by atoms with van der Waals surface area (Å²) in [4.78, 5) is 11.3. The summed E-state index contributed by atoms with van der Waals surface area (Å²) in [5.74, 6) is -0.337. The number of phenolic OH excluding ortho intramolecular Hbond substituents is 1. The molecular formula is C10H12BrNO3.